The molecule has 13 nitrogen and oxygen atoms in total. The summed E-state index contributed by atoms with van der Waals surface area (Å²) in [7, 11) is 3.09. The van der Waals surface area contributed by atoms with Crippen molar-refractivity contribution in [1.82, 2.24) is 4.98 Å². The number of carbonyl (C=O) groups excluding carboxylic acids is 5. The van der Waals surface area contributed by atoms with Gasteiger partial charge in [-0.1, -0.05) is 42.5 Å². The molecule has 0 atom stereocenters. The largest absolute Gasteiger partial charge is 0.465 e. The topological polar surface area (TPSA) is 175 Å². The van der Waals surface area contributed by atoms with Crippen LogP contribution < -0.4 is 10.2 Å². The molecule has 1 aromatic heterocycles. The molecule has 4 aromatic rings. The van der Waals surface area contributed by atoms with Gasteiger partial charge in [0.25, 0.3) is 11.6 Å². The number of aldehydes is 1. The molecule has 54 heavy (non-hydrogen) atoms. The number of hydrogen-bond donors (Lipinski definition) is 1. The second kappa shape index (κ2) is 16.9. The fourth-order valence-electron chi connectivity index (χ4n) is 5.87. The first-order valence-corrected chi connectivity index (χ1v) is 16.4. The Morgan fingerprint density at radius 1 is 0.926 bits per heavy atom. The first-order chi connectivity index (χ1) is 25.6. The van der Waals surface area contributed by atoms with Gasteiger partial charge in [-0.05, 0) is 54.8 Å². The lowest BCUT2D eigenvalue weighted by atomic mass is 9.78. The van der Waals surface area contributed by atoms with E-state index < -0.39 is 64.2 Å². The third-order valence-electron chi connectivity index (χ3n) is 8.28. The highest BCUT2D eigenvalue weighted by atomic mass is 19.4. The average Bonchev–Trinajstić information content (AvgIpc) is 3.14. The summed E-state index contributed by atoms with van der Waals surface area (Å²) in [6.07, 6.45) is -4.86. The number of alkyl halides is 3. The number of esters is 2. The van der Waals surface area contributed by atoms with Gasteiger partial charge in [0, 0.05) is 38.6 Å². The normalized spacial score (nSPS) is 11.3. The molecule has 0 saturated carbocycles. The number of anilines is 2. The third kappa shape index (κ3) is 8.60. The van der Waals surface area contributed by atoms with Crippen molar-refractivity contribution in [2.45, 2.75) is 38.3 Å². The highest BCUT2D eigenvalue weighted by Crippen LogP contribution is 2.37. The first kappa shape index (κ1) is 40.3. The number of benzene rings is 3. The van der Waals surface area contributed by atoms with Crippen molar-refractivity contribution < 1.29 is 51.5 Å². The molecule has 1 N–H and O–H groups in total. The van der Waals surface area contributed by atoms with Crippen LogP contribution in [0.3, 0.4) is 0 Å². The van der Waals surface area contributed by atoms with Crippen molar-refractivity contribution in [1.29, 1.82) is 0 Å². The summed E-state index contributed by atoms with van der Waals surface area (Å²) in [5.74, 6) is -4.03. The summed E-state index contributed by atoms with van der Waals surface area (Å²) in [6, 6.07) is 15.8. The van der Waals surface area contributed by atoms with E-state index in [2.05, 4.69) is 10.3 Å². The molecule has 16 heteroatoms. The van der Waals surface area contributed by atoms with E-state index in [0.29, 0.717) is 11.8 Å². The Hall–Kier alpha value is -6.45. The van der Waals surface area contributed by atoms with Crippen LogP contribution in [0.5, 0.6) is 0 Å². The SMILES string of the molecule is CCOC(=O)C(CC(=O)Cc1ccc(NC(=O)c2cc(C(F)(F)F)ccc2-c2ccccc2)c(C=O)c1N(C)C)(C(=O)OCC)c1ccc([N+](=O)[O-])cn1. The molecule has 1 heterocycles. The van der Waals surface area contributed by atoms with Crippen molar-refractivity contribution in [3.63, 3.8) is 0 Å². The Labute approximate surface area is 307 Å². The standard InChI is InChI=1S/C38H35F3N4O9/c1-5-53-35(49)37(36(50)54-6-2,32-17-14-26(21-42-32)45(51)52)20-27(47)18-24-12-16-31(30(22-46)33(24)44(3)4)43-34(48)29-19-25(38(39,40)41)13-15-28(29)23-10-8-7-9-11-23/h7-17,19,21-22H,5-6,18,20H2,1-4H3,(H,43,48). The van der Waals surface area contributed by atoms with Crippen LogP contribution in [0.15, 0.2) is 79.0 Å². The van der Waals surface area contributed by atoms with Gasteiger partial charge in [0.2, 0.25) is 5.41 Å². The highest BCUT2D eigenvalue weighted by molar-refractivity contribution is 6.12. The molecule has 0 spiro atoms. The van der Waals surface area contributed by atoms with Crippen molar-refractivity contribution in [2.24, 2.45) is 0 Å². The number of nitrogens with one attached hydrogen (secondary N) is 1. The Kier molecular flexibility index (Phi) is 12.6. The summed E-state index contributed by atoms with van der Waals surface area (Å²) in [6.45, 7) is 2.54. The number of Topliss-reactive ketones (excluding diaryl/α,β-unsaturated/α-hetero) is 1. The van der Waals surface area contributed by atoms with E-state index in [1.54, 1.807) is 44.4 Å². The molecular formula is C38H35F3N4O9. The van der Waals surface area contributed by atoms with Gasteiger partial charge in [-0.2, -0.15) is 13.2 Å². The zero-order chi connectivity index (χ0) is 39.8. The predicted molar refractivity (Wildman–Crippen MR) is 190 cm³/mol. The van der Waals surface area contributed by atoms with Crippen LogP contribution in [0, 0.1) is 10.1 Å². The Morgan fingerprint density at radius 3 is 2.09 bits per heavy atom. The van der Waals surface area contributed by atoms with E-state index >= 15 is 0 Å². The molecule has 0 unspecified atom stereocenters. The van der Waals surface area contributed by atoms with Crippen molar-refractivity contribution in [3.05, 3.63) is 117 Å². The van der Waals surface area contributed by atoms with Crippen LogP contribution >= 0.6 is 0 Å². The van der Waals surface area contributed by atoms with Crippen LogP contribution in [0.25, 0.3) is 11.1 Å². The smallest absolute Gasteiger partial charge is 0.416 e. The molecule has 0 aliphatic carbocycles. The Morgan fingerprint density at radius 2 is 1.57 bits per heavy atom. The molecule has 0 bridgehead atoms. The number of hydrogen-bond acceptors (Lipinski definition) is 11. The number of amides is 1. The van der Waals surface area contributed by atoms with Gasteiger partial charge in [-0.3, -0.25) is 39.1 Å². The maximum absolute atomic E-state index is 13.9. The summed E-state index contributed by atoms with van der Waals surface area (Å²) < 4.78 is 51.5. The second-order valence-electron chi connectivity index (χ2n) is 12.0. The predicted octanol–water partition coefficient (Wildman–Crippen LogP) is 6.37. The minimum absolute atomic E-state index is 0.0752. The van der Waals surface area contributed by atoms with Crippen LogP contribution in [0.2, 0.25) is 0 Å². The summed E-state index contributed by atoms with van der Waals surface area (Å²) >= 11 is 0. The van der Waals surface area contributed by atoms with Gasteiger partial charge < -0.3 is 19.7 Å². The van der Waals surface area contributed by atoms with Gasteiger partial charge in [0.05, 0.1) is 46.3 Å². The maximum Gasteiger partial charge on any atom is 0.416 e. The molecule has 0 aliphatic heterocycles. The van der Waals surface area contributed by atoms with E-state index in [9.17, 15) is 47.3 Å². The number of halogens is 3. The number of carbonyl (C=O) groups is 5. The molecular weight excluding hydrogens is 713 g/mol. The number of ether oxygens (including phenoxy) is 2. The van der Waals surface area contributed by atoms with Gasteiger partial charge in [-0.25, -0.2) is 0 Å². The summed E-state index contributed by atoms with van der Waals surface area (Å²) in [5, 5.41) is 13.8. The molecule has 282 valence electrons. The van der Waals surface area contributed by atoms with Crippen LogP contribution in [0.1, 0.15) is 57.8 Å². The highest BCUT2D eigenvalue weighted by Gasteiger charge is 2.53. The Bertz CT molecular complexity index is 2050. The maximum atomic E-state index is 13.9. The lowest BCUT2D eigenvalue weighted by Gasteiger charge is -2.28. The van der Waals surface area contributed by atoms with Crippen molar-refractivity contribution in [3.8, 4) is 11.1 Å². The zero-order valence-electron chi connectivity index (χ0n) is 29.6. The second-order valence-corrected chi connectivity index (χ2v) is 12.0. The van der Waals surface area contributed by atoms with E-state index in [1.165, 1.54) is 36.9 Å². The molecule has 4 rings (SSSR count). The van der Waals surface area contributed by atoms with Gasteiger partial charge in [0.1, 0.15) is 12.0 Å². The van der Waals surface area contributed by atoms with E-state index in [-0.39, 0.29) is 52.5 Å². The number of nitrogens with zero attached hydrogens (tertiary/aromatic N) is 3. The van der Waals surface area contributed by atoms with Crippen LogP contribution in [0.4, 0.5) is 30.2 Å². The number of aromatic nitrogens is 1. The number of ketones is 1. The lowest BCUT2D eigenvalue weighted by molar-refractivity contribution is -0.385. The number of nitro groups is 1. The quantitative estimate of drug-likeness (QED) is 0.0470. The lowest BCUT2D eigenvalue weighted by Crippen LogP contribution is -2.48. The minimum atomic E-state index is -4.75. The fourth-order valence-corrected chi connectivity index (χ4v) is 5.87. The Balaban J connectivity index is 1.76. The summed E-state index contributed by atoms with van der Waals surface area (Å²) in [4.78, 5) is 83.2. The minimum Gasteiger partial charge on any atom is -0.465 e. The van der Waals surface area contributed by atoms with Crippen molar-refractivity contribution in [2.75, 3.05) is 37.5 Å². The van der Waals surface area contributed by atoms with Gasteiger partial charge >= 0.3 is 18.1 Å². The van der Waals surface area contributed by atoms with Crippen molar-refractivity contribution >= 4 is 47.0 Å². The van der Waals surface area contributed by atoms with Gasteiger partial charge in [0.15, 0.2) is 6.29 Å². The first-order valence-electron chi connectivity index (χ1n) is 16.4. The number of rotatable bonds is 15. The molecule has 0 radical (unpaired) electrons. The van der Waals surface area contributed by atoms with E-state index in [4.69, 9.17) is 9.47 Å². The third-order valence-corrected chi connectivity index (χ3v) is 8.28. The van der Waals surface area contributed by atoms with E-state index in [1.807, 2.05) is 0 Å². The van der Waals surface area contributed by atoms with Crippen LogP contribution in [-0.4, -0.2) is 67.1 Å². The van der Waals surface area contributed by atoms with Crippen LogP contribution in [-0.2, 0) is 41.9 Å². The molecule has 0 saturated heterocycles. The van der Waals surface area contributed by atoms with E-state index in [0.717, 1.165) is 30.5 Å². The summed E-state index contributed by atoms with van der Waals surface area (Å²) in [5.41, 5.74) is -3.76. The van der Waals surface area contributed by atoms with Gasteiger partial charge in [-0.15, -0.1) is 0 Å². The zero-order valence-corrected chi connectivity index (χ0v) is 29.6. The molecule has 1 amide bonds. The average molecular weight is 749 g/mol. The molecule has 3 aromatic carbocycles. The molecule has 0 aliphatic rings. The fraction of sp³-hybridized carbons (Fsp3) is 0.263. The molecule has 0 fully saturated rings. The number of pyridine rings is 1. The monoisotopic (exact) mass is 748 g/mol.